The van der Waals surface area contributed by atoms with Crippen LogP contribution in [0.15, 0.2) is 18.2 Å². The molecule has 1 aliphatic heterocycles. The van der Waals surface area contributed by atoms with Crippen LogP contribution in [0.2, 0.25) is 5.02 Å². The van der Waals surface area contributed by atoms with Crippen molar-refractivity contribution in [2.75, 3.05) is 26.7 Å². The van der Waals surface area contributed by atoms with Crippen molar-refractivity contribution in [2.24, 2.45) is 5.92 Å². The Morgan fingerprint density at radius 1 is 1.55 bits per heavy atom. The third kappa shape index (κ3) is 4.54. The summed E-state index contributed by atoms with van der Waals surface area (Å²) in [7, 11) is 1.53. The van der Waals surface area contributed by atoms with Crippen molar-refractivity contribution >= 4 is 29.9 Å². The van der Waals surface area contributed by atoms with Crippen molar-refractivity contribution in [3.05, 3.63) is 28.8 Å². The predicted molar refractivity (Wildman–Crippen MR) is 83.2 cm³/mol. The van der Waals surface area contributed by atoms with E-state index in [0.29, 0.717) is 28.8 Å². The SMILES string of the molecule is COc1cc(Cl)ccc1C(=O)NCCC1CCNC1.Cl. The van der Waals surface area contributed by atoms with Gasteiger partial charge < -0.3 is 15.4 Å². The molecule has 0 bridgehead atoms. The van der Waals surface area contributed by atoms with Crippen molar-refractivity contribution in [3.63, 3.8) is 0 Å². The number of methoxy groups -OCH3 is 1. The molecule has 6 heteroatoms. The number of amides is 1. The van der Waals surface area contributed by atoms with Gasteiger partial charge in [-0.2, -0.15) is 0 Å². The normalized spacial score (nSPS) is 17.4. The lowest BCUT2D eigenvalue weighted by atomic mass is 10.1. The molecular formula is C14H20Cl2N2O2. The quantitative estimate of drug-likeness (QED) is 0.877. The molecule has 20 heavy (non-hydrogen) atoms. The van der Waals surface area contributed by atoms with E-state index in [4.69, 9.17) is 16.3 Å². The lowest BCUT2D eigenvalue weighted by molar-refractivity contribution is 0.0948. The molecule has 0 saturated carbocycles. The molecule has 2 rings (SSSR count). The van der Waals surface area contributed by atoms with Crippen LogP contribution in [-0.4, -0.2) is 32.7 Å². The first-order valence-corrected chi connectivity index (χ1v) is 6.91. The van der Waals surface area contributed by atoms with Gasteiger partial charge in [-0.05, 0) is 50.0 Å². The van der Waals surface area contributed by atoms with Gasteiger partial charge in [0.25, 0.3) is 5.91 Å². The van der Waals surface area contributed by atoms with Gasteiger partial charge in [0.1, 0.15) is 5.75 Å². The van der Waals surface area contributed by atoms with Gasteiger partial charge >= 0.3 is 0 Å². The average Bonchev–Trinajstić information content (AvgIpc) is 2.91. The Balaban J connectivity index is 0.00000200. The van der Waals surface area contributed by atoms with Gasteiger partial charge in [0.05, 0.1) is 12.7 Å². The molecule has 0 aliphatic carbocycles. The van der Waals surface area contributed by atoms with Crippen molar-refractivity contribution in [1.82, 2.24) is 10.6 Å². The van der Waals surface area contributed by atoms with E-state index in [1.54, 1.807) is 18.2 Å². The summed E-state index contributed by atoms with van der Waals surface area (Å²) in [5, 5.41) is 6.81. The molecule has 1 atom stereocenters. The van der Waals surface area contributed by atoms with Gasteiger partial charge in [0.15, 0.2) is 0 Å². The van der Waals surface area contributed by atoms with Crippen LogP contribution in [0.3, 0.4) is 0 Å². The Kier molecular flexibility index (Phi) is 7.13. The van der Waals surface area contributed by atoms with Gasteiger partial charge in [-0.15, -0.1) is 12.4 Å². The second-order valence-electron chi connectivity index (χ2n) is 4.75. The minimum Gasteiger partial charge on any atom is -0.496 e. The number of carbonyl (C=O) groups is 1. The van der Waals surface area contributed by atoms with E-state index in [1.165, 1.54) is 13.5 Å². The number of hydrogen-bond donors (Lipinski definition) is 2. The van der Waals surface area contributed by atoms with E-state index >= 15 is 0 Å². The summed E-state index contributed by atoms with van der Waals surface area (Å²) in [6, 6.07) is 5.03. The van der Waals surface area contributed by atoms with Crippen molar-refractivity contribution < 1.29 is 9.53 Å². The number of carbonyl (C=O) groups excluding carboxylic acids is 1. The Morgan fingerprint density at radius 2 is 2.35 bits per heavy atom. The molecule has 1 fully saturated rings. The molecule has 2 N–H and O–H groups in total. The van der Waals surface area contributed by atoms with Gasteiger partial charge in [-0.25, -0.2) is 0 Å². The second kappa shape index (κ2) is 8.35. The fourth-order valence-corrected chi connectivity index (χ4v) is 2.46. The lowest BCUT2D eigenvalue weighted by Gasteiger charge is -2.11. The number of hydrogen-bond acceptors (Lipinski definition) is 3. The molecular weight excluding hydrogens is 299 g/mol. The molecule has 1 aromatic carbocycles. The Labute approximate surface area is 130 Å². The number of nitrogens with one attached hydrogen (secondary N) is 2. The molecule has 1 aliphatic rings. The molecule has 0 aromatic heterocycles. The number of rotatable bonds is 5. The van der Waals surface area contributed by atoms with Crippen LogP contribution in [0.4, 0.5) is 0 Å². The second-order valence-corrected chi connectivity index (χ2v) is 5.18. The molecule has 1 heterocycles. The van der Waals surface area contributed by atoms with Gasteiger partial charge in [0, 0.05) is 11.6 Å². The fourth-order valence-electron chi connectivity index (χ4n) is 2.30. The minimum atomic E-state index is -0.112. The highest BCUT2D eigenvalue weighted by Gasteiger charge is 2.16. The van der Waals surface area contributed by atoms with Crippen LogP contribution in [0.1, 0.15) is 23.2 Å². The van der Waals surface area contributed by atoms with E-state index < -0.39 is 0 Å². The van der Waals surface area contributed by atoms with Gasteiger partial charge in [-0.1, -0.05) is 11.6 Å². The average molecular weight is 319 g/mol. The Morgan fingerprint density at radius 3 is 3.00 bits per heavy atom. The van der Waals surface area contributed by atoms with E-state index in [9.17, 15) is 4.79 Å². The van der Waals surface area contributed by atoms with Crippen molar-refractivity contribution in [1.29, 1.82) is 0 Å². The fraction of sp³-hybridized carbons (Fsp3) is 0.500. The van der Waals surface area contributed by atoms with Crippen LogP contribution in [-0.2, 0) is 0 Å². The van der Waals surface area contributed by atoms with Crippen LogP contribution >= 0.6 is 24.0 Å². The number of ether oxygens (including phenoxy) is 1. The monoisotopic (exact) mass is 318 g/mol. The summed E-state index contributed by atoms with van der Waals surface area (Å²) >= 11 is 5.87. The predicted octanol–water partition coefficient (Wildman–Crippen LogP) is 2.50. The maximum absolute atomic E-state index is 12.1. The molecule has 1 aromatic rings. The minimum absolute atomic E-state index is 0. The smallest absolute Gasteiger partial charge is 0.255 e. The Hall–Kier alpha value is -0.970. The van der Waals surface area contributed by atoms with Gasteiger partial charge in [-0.3, -0.25) is 4.79 Å². The van der Waals surface area contributed by atoms with E-state index in [0.717, 1.165) is 19.5 Å². The summed E-state index contributed by atoms with van der Waals surface area (Å²) < 4.78 is 5.17. The zero-order chi connectivity index (χ0) is 13.7. The van der Waals surface area contributed by atoms with E-state index in [-0.39, 0.29) is 18.3 Å². The third-order valence-corrected chi connectivity index (χ3v) is 3.64. The molecule has 0 radical (unpaired) electrons. The first-order chi connectivity index (χ1) is 9.20. The molecule has 1 amide bonds. The zero-order valence-electron chi connectivity index (χ0n) is 11.4. The summed E-state index contributed by atoms with van der Waals surface area (Å²) in [5.74, 6) is 1.07. The molecule has 1 saturated heterocycles. The Bertz CT molecular complexity index is 449. The van der Waals surface area contributed by atoms with Crippen LogP contribution in [0, 0.1) is 5.92 Å². The number of benzene rings is 1. The number of halogens is 2. The summed E-state index contributed by atoms with van der Waals surface area (Å²) in [6.07, 6.45) is 2.20. The lowest BCUT2D eigenvalue weighted by Crippen LogP contribution is -2.26. The van der Waals surface area contributed by atoms with E-state index in [2.05, 4.69) is 10.6 Å². The standard InChI is InChI=1S/C14H19ClN2O2.ClH/c1-19-13-8-11(15)2-3-12(13)14(18)17-7-5-10-4-6-16-9-10;/h2-3,8,10,16H,4-7,9H2,1H3,(H,17,18);1H. The molecule has 4 nitrogen and oxygen atoms in total. The van der Waals surface area contributed by atoms with Crippen LogP contribution in [0.25, 0.3) is 0 Å². The zero-order valence-corrected chi connectivity index (χ0v) is 13.0. The summed E-state index contributed by atoms with van der Waals surface area (Å²) in [6.45, 7) is 2.83. The summed E-state index contributed by atoms with van der Waals surface area (Å²) in [5.41, 5.74) is 0.524. The van der Waals surface area contributed by atoms with Gasteiger partial charge in [0.2, 0.25) is 0 Å². The van der Waals surface area contributed by atoms with Crippen molar-refractivity contribution in [2.45, 2.75) is 12.8 Å². The third-order valence-electron chi connectivity index (χ3n) is 3.41. The van der Waals surface area contributed by atoms with Crippen LogP contribution in [0.5, 0.6) is 5.75 Å². The highest BCUT2D eigenvalue weighted by molar-refractivity contribution is 6.30. The largest absolute Gasteiger partial charge is 0.496 e. The highest BCUT2D eigenvalue weighted by Crippen LogP contribution is 2.23. The first-order valence-electron chi connectivity index (χ1n) is 6.53. The molecule has 1 unspecified atom stereocenters. The maximum atomic E-state index is 12.1. The molecule has 0 spiro atoms. The van der Waals surface area contributed by atoms with Crippen molar-refractivity contribution in [3.8, 4) is 5.75 Å². The summed E-state index contributed by atoms with van der Waals surface area (Å²) in [4.78, 5) is 12.1. The first kappa shape index (κ1) is 17.1. The highest BCUT2D eigenvalue weighted by atomic mass is 35.5. The topological polar surface area (TPSA) is 50.4 Å². The maximum Gasteiger partial charge on any atom is 0.255 e. The van der Waals surface area contributed by atoms with E-state index in [1.807, 2.05) is 0 Å². The molecule has 112 valence electrons. The van der Waals surface area contributed by atoms with Crippen LogP contribution < -0.4 is 15.4 Å².